The van der Waals surface area contributed by atoms with E-state index in [0.717, 1.165) is 0 Å². The highest BCUT2D eigenvalue weighted by Gasteiger charge is 2.08. The van der Waals surface area contributed by atoms with Crippen LogP contribution >= 0.6 is 0 Å². The molecule has 1 aromatic heterocycles. The predicted molar refractivity (Wildman–Crippen MR) is 52.4 cm³/mol. The van der Waals surface area contributed by atoms with Crippen molar-refractivity contribution in [1.82, 2.24) is 4.98 Å². The molecule has 0 atom stereocenters. The van der Waals surface area contributed by atoms with Crippen LogP contribution in [0.1, 0.15) is 11.1 Å². The second kappa shape index (κ2) is 4.16. The van der Waals surface area contributed by atoms with E-state index in [1.165, 1.54) is 24.6 Å². The number of oxazole rings is 1. The topological polar surface area (TPSA) is 82.8 Å². The fourth-order valence-corrected chi connectivity index (χ4v) is 1.12. The van der Waals surface area contributed by atoms with Gasteiger partial charge in [-0.25, -0.2) is 0 Å². The summed E-state index contributed by atoms with van der Waals surface area (Å²) in [5.41, 5.74) is 0.720. The summed E-state index contributed by atoms with van der Waals surface area (Å²) in [5.74, 6) is 0.254. The smallest absolute Gasteiger partial charge is 0.399 e. The number of nitrogens with zero attached hydrogens (tertiary/aromatic N) is 3. The summed E-state index contributed by atoms with van der Waals surface area (Å²) in [6.07, 6.45) is 2.82. The van der Waals surface area contributed by atoms with Gasteiger partial charge in [-0.05, 0) is 12.1 Å². The minimum atomic E-state index is 0.0339. The van der Waals surface area contributed by atoms with Crippen molar-refractivity contribution >= 4 is 0 Å². The summed E-state index contributed by atoms with van der Waals surface area (Å²) in [4.78, 5) is 3.76. The van der Waals surface area contributed by atoms with Crippen molar-refractivity contribution in [3.8, 4) is 24.0 Å². The van der Waals surface area contributed by atoms with Crippen LogP contribution in [0, 0.1) is 22.7 Å². The molecule has 76 valence electrons. The van der Waals surface area contributed by atoms with Crippen molar-refractivity contribution in [2.75, 3.05) is 0 Å². The Hall–Kier alpha value is -2.79. The van der Waals surface area contributed by atoms with Crippen LogP contribution < -0.4 is 4.74 Å². The molecule has 0 aliphatic carbocycles. The number of ether oxygens (including phenoxy) is 1. The van der Waals surface area contributed by atoms with Gasteiger partial charge in [-0.3, -0.25) is 0 Å². The van der Waals surface area contributed by atoms with Crippen LogP contribution in [-0.4, -0.2) is 4.98 Å². The molecule has 0 saturated heterocycles. The lowest BCUT2D eigenvalue weighted by Crippen LogP contribution is -1.89. The minimum absolute atomic E-state index is 0.0339. The molecule has 0 radical (unpaired) electrons. The third kappa shape index (κ3) is 1.84. The third-order valence-corrected chi connectivity index (χ3v) is 1.84. The zero-order chi connectivity index (χ0) is 11.4. The molecule has 0 aliphatic rings. The van der Waals surface area contributed by atoms with Gasteiger partial charge in [-0.1, -0.05) is 0 Å². The molecule has 5 nitrogen and oxygen atoms in total. The monoisotopic (exact) mass is 211 g/mol. The molecule has 1 aromatic carbocycles. The SMILES string of the molecule is N#Cc1ccc(C#N)c(Oc2ncco2)c1. The quantitative estimate of drug-likeness (QED) is 0.760. The zero-order valence-electron chi connectivity index (χ0n) is 8.04. The molecule has 5 heteroatoms. The van der Waals surface area contributed by atoms with E-state index in [2.05, 4.69) is 4.98 Å². The average Bonchev–Trinajstić information content (AvgIpc) is 2.82. The standard InChI is InChI=1S/C11H5N3O2/c12-6-8-1-2-9(7-13)10(5-8)16-11-14-3-4-15-11/h1-5H. The highest BCUT2D eigenvalue weighted by molar-refractivity contribution is 5.49. The van der Waals surface area contributed by atoms with E-state index >= 15 is 0 Å². The maximum absolute atomic E-state index is 8.85. The molecule has 0 aliphatic heterocycles. The molecule has 1 heterocycles. The molecule has 2 aromatic rings. The molecule has 0 N–H and O–H groups in total. The second-order valence-electron chi connectivity index (χ2n) is 2.83. The van der Waals surface area contributed by atoms with Gasteiger partial charge in [-0.15, -0.1) is 0 Å². The molecule has 0 amide bonds. The van der Waals surface area contributed by atoms with Crippen LogP contribution in [0.15, 0.2) is 35.1 Å². The lowest BCUT2D eigenvalue weighted by molar-refractivity contribution is 0.330. The van der Waals surface area contributed by atoms with E-state index in [0.29, 0.717) is 11.1 Å². The van der Waals surface area contributed by atoms with E-state index in [1.807, 2.05) is 12.1 Å². The van der Waals surface area contributed by atoms with Gasteiger partial charge in [0.25, 0.3) is 0 Å². The number of hydrogen-bond acceptors (Lipinski definition) is 5. The van der Waals surface area contributed by atoms with Gasteiger partial charge in [0, 0.05) is 6.07 Å². The first kappa shape index (κ1) is 9.75. The summed E-state index contributed by atoms with van der Waals surface area (Å²) >= 11 is 0. The van der Waals surface area contributed by atoms with E-state index in [-0.39, 0.29) is 11.8 Å². The fourth-order valence-electron chi connectivity index (χ4n) is 1.12. The summed E-state index contributed by atoms with van der Waals surface area (Å²) < 4.78 is 10.1. The van der Waals surface area contributed by atoms with Gasteiger partial charge >= 0.3 is 6.08 Å². The first-order chi connectivity index (χ1) is 7.83. The zero-order valence-corrected chi connectivity index (χ0v) is 8.04. The molecule has 0 saturated carbocycles. The van der Waals surface area contributed by atoms with Crippen molar-refractivity contribution in [3.63, 3.8) is 0 Å². The first-order valence-corrected chi connectivity index (χ1v) is 4.35. The largest absolute Gasteiger partial charge is 0.417 e. The Balaban J connectivity index is 2.39. The van der Waals surface area contributed by atoms with Gasteiger partial charge in [0.2, 0.25) is 0 Å². The maximum Gasteiger partial charge on any atom is 0.399 e. The number of hydrogen-bond donors (Lipinski definition) is 0. The highest BCUT2D eigenvalue weighted by atomic mass is 16.6. The Kier molecular flexibility index (Phi) is 2.53. The van der Waals surface area contributed by atoms with Gasteiger partial charge in [0.1, 0.15) is 12.3 Å². The second-order valence-corrected chi connectivity index (χ2v) is 2.83. The molecule has 0 unspecified atom stereocenters. The van der Waals surface area contributed by atoms with Crippen molar-refractivity contribution < 1.29 is 9.15 Å². The minimum Gasteiger partial charge on any atom is -0.417 e. The number of nitriles is 2. The summed E-state index contributed by atoms with van der Waals surface area (Å²) in [5, 5.41) is 17.6. The molecular weight excluding hydrogens is 206 g/mol. The van der Waals surface area contributed by atoms with Crippen LogP contribution in [0.4, 0.5) is 0 Å². The normalized spacial score (nSPS) is 9.12. The van der Waals surface area contributed by atoms with Crippen LogP contribution in [0.3, 0.4) is 0 Å². The van der Waals surface area contributed by atoms with Crippen molar-refractivity contribution in [2.45, 2.75) is 0 Å². The van der Waals surface area contributed by atoms with Crippen LogP contribution in [0.5, 0.6) is 11.8 Å². The number of benzene rings is 1. The maximum atomic E-state index is 8.85. The van der Waals surface area contributed by atoms with Crippen LogP contribution in [0.25, 0.3) is 0 Å². The van der Waals surface area contributed by atoms with E-state index in [4.69, 9.17) is 19.7 Å². The van der Waals surface area contributed by atoms with Crippen molar-refractivity contribution in [2.24, 2.45) is 0 Å². The van der Waals surface area contributed by atoms with Gasteiger partial charge in [0.15, 0.2) is 5.75 Å². The summed E-state index contributed by atoms with van der Waals surface area (Å²) in [6.45, 7) is 0. The lowest BCUT2D eigenvalue weighted by Gasteiger charge is -2.02. The van der Waals surface area contributed by atoms with Crippen molar-refractivity contribution in [1.29, 1.82) is 10.5 Å². The van der Waals surface area contributed by atoms with E-state index in [1.54, 1.807) is 6.07 Å². The molecule has 16 heavy (non-hydrogen) atoms. The summed E-state index contributed by atoms with van der Waals surface area (Å²) in [6, 6.07) is 8.43. The van der Waals surface area contributed by atoms with Crippen LogP contribution in [0.2, 0.25) is 0 Å². The first-order valence-electron chi connectivity index (χ1n) is 4.35. The third-order valence-electron chi connectivity index (χ3n) is 1.84. The Morgan fingerprint density at radius 3 is 2.75 bits per heavy atom. The summed E-state index contributed by atoms with van der Waals surface area (Å²) in [7, 11) is 0. The number of rotatable bonds is 2. The Morgan fingerprint density at radius 2 is 2.12 bits per heavy atom. The fraction of sp³-hybridized carbons (Fsp3) is 0. The lowest BCUT2D eigenvalue weighted by atomic mass is 10.1. The van der Waals surface area contributed by atoms with E-state index < -0.39 is 0 Å². The average molecular weight is 211 g/mol. The van der Waals surface area contributed by atoms with Gasteiger partial charge in [0.05, 0.1) is 23.4 Å². The Morgan fingerprint density at radius 1 is 1.25 bits per heavy atom. The van der Waals surface area contributed by atoms with Gasteiger partial charge < -0.3 is 9.15 Å². The van der Waals surface area contributed by atoms with Crippen molar-refractivity contribution in [3.05, 3.63) is 41.8 Å². The van der Waals surface area contributed by atoms with E-state index in [9.17, 15) is 0 Å². The Labute approximate surface area is 91.1 Å². The number of aromatic nitrogens is 1. The highest BCUT2D eigenvalue weighted by Crippen LogP contribution is 2.24. The van der Waals surface area contributed by atoms with Gasteiger partial charge in [-0.2, -0.15) is 15.5 Å². The molecular formula is C11H5N3O2. The van der Waals surface area contributed by atoms with Crippen LogP contribution in [-0.2, 0) is 0 Å². The molecule has 0 bridgehead atoms. The molecule has 0 spiro atoms. The Bertz CT molecular complexity index is 576. The molecule has 2 rings (SSSR count). The predicted octanol–water partition coefficient (Wildman–Crippen LogP) is 2.21. The molecule has 0 fully saturated rings.